The van der Waals surface area contributed by atoms with Gasteiger partial charge in [0.15, 0.2) is 11.4 Å². The third-order valence-electron chi connectivity index (χ3n) is 12.9. The molecule has 4 N–H and O–H groups in total. The van der Waals surface area contributed by atoms with Crippen molar-refractivity contribution in [1.29, 1.82) is 0 Å². The van der Waals surface area contributed by atoms with Gasteiger partial charge in [-0.05, 0) is 93.5 Å². The Bertz CT molecular complexity index is 2550. The van der Waals surface area contributed by atoms with E-state index in [1.54, 1.807) is 36.5 Å². The molecule has 15 heteroatoms. The Morgan fingerprint density at radius 2 is 1.84 bits per heavy atom. The monoisotopic (exact) mass is 846 g/mol. The molecule has 0 unspecified atom stereocenters. The number of aryl methyl sites for hydroxylation is 2. The molecule has 4 aromatic heterocycles. The van der Waals surface area contributed by atoms with Gasteiger partial charge in [-0.15, -0.1) is 21.5 Å². The smallest absolute Gasteiger partial charge is 0.254 e. The Morgan fingerprint density at radius 3 is 2.56 bits per heavy atom. The number of aliphatic hydroxyl groups is 1. The van der Waals surface area contributed by atoms with E-state index in [0.717, 1.165) is 63.5 Å². The van der Waals surface area contributed by atoms with Gasteiger partial charge in [-0.2, -0.15) is 0 Å². The number of hydrogen-bond donors (Lipinski definition) is 4. The number of phenolic OH excluding ortho intramolecular Hbond substituents is 1. The van der Waals surface area contributed by atoms with Crippen molar-refractivity contribution in [1.82, 2.24) is 40.4 Å². The van der Waals surface area contributed by atoms with Crippen molar-refractivity contribution in [3.8, 4) is 33.3 Å². The van der Waals surface area contributed by atoms with E-state index in [1.807, 2.05) is 82.6 Å². The van der Waals surface area contributed by atoms with E-state index >= 15 is 0 Å². The van der Waals surface area contributed by atoms with Gasteiger partial charge in [0.2, 0.25) is 11.8 Å². The van der Waals surface area contributed by atoms with Gasteiger partial charge in [0.1, 0.15) is 23.8 Å². The minimum absolute atomic E-state index is 0.0294. The molecule has 2 saturated heterocycles. The number of ether oxygens (including phenoxy) is 1. The second kappa shape index (κ2) is 16.7. The van der Waals surface area contributed by atoms with Crippen molar-refractivity contribution in [3.63, 3.8) is 0 Å². The van der Waals surface area contributed by atoms with E-state index in [9.17, 15) is 19.8 Å². The molecule has 0 radical (unpaired) electrons. The highest BCUT2D eigenvalue weighted by atomic mass is 32.1. The zero-order chi connectivity index (χ0) is 43.2. The molecular formula is C46H54N8O6S. The van der Waals surface area contributed by atoms with Crippen molar-refractivity contribution >= 4 is 34.2 Å². The van der Waals surface area contributed by atoms with Gasteiger partial charge < -0.3 is 34.7 Å². The first kappa shape index (κ1) is 42.1. The van der Waals surface area contributed by atoms with E-state index < -0.39 is 23.1 Å². The second-order valence-corrected chi connectivity index (χ2v) is 18.4. The fourth-order valence-electron chi connectivity index (χ4n) is 8.79. The minimum Gasteiger partial charge on any atom is -0.507 e. The number of aromatic hydroxyl groups is 1. The molecule has 6 heterocycles. The van der Waals surface area contributed by atoms with E-state index in [-0.39, 0.29) is 48.2 Å². The molecule has 4 atom stereocenters. The summed E-state index contributed by atoms with van der Waals surface area (Å²) in [6.45, 7) is 16.4. The van der Waals surface area contributed by atoms with Crippen LogP contribution < -0.4 is 10.1 Å². The summed E-state index contributed by atoms with van der Waals surface area (Å²) in [5.41, 5.74) is 7.11. The van der Waals surface area contributed by atoms with Gasteiger partial charge in [0.25, 0.3) is 5.88 Å². The molecule has 0 saturated carbocycles. The van der Waals surface area contributed by atoms with E-state index in [0.29, 0.717) is 30.2 Å². The molecule has 2 amide bonds. The maximum atomic E-state index is 14.6. The van der Waals surface area contributed by atoms with Crippen LogP contribution in [0, 0.1) is 19.8 Å². The SMILES string of the molecule is Cc1ncsc1-c1ccc(C(C)(C)NC(=O)[C@@H]2C[C@@H](O)CN2C(=O)[C@](C)(c2cc(OCCN3CC[C@H](c4[nH]c5nnc(-c6ccccc6O)cc5c4C)C3)no2)C(C)C)cc1. The summed E-state index contributed by atoms with van der Waals surface area (Å²) in [7, 11) is 0. The quantitative estimate of drug-likeness (QED) is 0.0954. The molecule has 2 fully saturated rings. The summed E-state index contributed by atoms with van der Waals surface area (Å²) in [6.07, 6.45) is 0.248. The number of aliphatic hydroxyl groups excluding tert-OH is 1. The molecule has 0 spiro atoms. The number of amides is 2. The largest absolute Gasteiger partial charge is 0.507 e. The fraction of sp³-hybridized carbons (Fsp3) is 0.435. The predicted molar refractivity (Wildman–Crippen MR) is 233 cm³/mol. The molecule has 61 heavy (non-hydrogen) atoms. The number of thiazole rings is 1. The lowest BCUT2D eigenvalue weighted by Crippen LogP contribution is -2.55. The predicted octanol–water partition coefficient (Wildman–Crippen LogP) is 6.85. The molecule has 2 aliphatic rings. The fourth-order valence-corrected chi connectivity index (χ4v) is 9.60. The Kier molecular flexibility index (Phi) is 11.5. The molecule has 14 nitrogen and oxygen atoms in total. The molecule has 320 valence electrons. The third kappa shape index (κ3) is 8.13. The highest BCUT2D eigenvalue weighted by Gasteiger charge is 2.50. The number of benzene rings is 2. The number of β-amino-alcohol motifs (C(OH)–C–C–N with tert-alkyl or cyclic N) is 1. The number of carbonyl (C=O) groups is 2. The Hall–Kier alpha value is -5.64. The van der Waals surface area contributed by atoms with Gasteiger partial charge in [0, 0.05) is 54.7 Å². The summed E-state index contributed by atoms with van der Waals surface area (Å²) >= 11 is 1.59. The van der Waals surface area contributed by atoms with Crippen LogP contribution in [0.4, 0.5) is 0 Å². The van der Waals surface area contributed by atoms with Gasteiger partial charge in [-0.25, -0.2) is 4.98 Å². The number of carbonyl (C=O) groups excluding carboxylic acids is 2. The van der Waals surface area contributed by atoms with Crippen LogP contribution in [0.15, 0.2) is 70.7 Å². The number of para-hydroxylation sites is 1. The molecular weight excluding hydrogens is 793 g/mol. The molecule has 2 aromatic carbocycles. The molecule has 0 bridgehead atoms. The Balaban J connectivity index is 0.887. The summed E-state index contributed by atoms with van der Waals surface area (Å²) in [5, 5.41) is 38.3. The number of nitrogens with one attached hydrogen (secondary N) is 2. The standard InChI is InChI=1S/C46H54N8O6S/c1-26(2)46(7,44(58)54-24-32(55)20-36(54)43(57)49-45(5,6)31-14-12-29(13-15-31)41-28(4)47-25-61-41)38-22-39(52-60-38)59-19-18-53-17-16-30(23-53)40-27(3)34-21-35(50-51-42(34)48-40)33-10-8-9-11-37(33)56/h8-15,21-22,25-26,30,32,36,55-56H,16-20,23-24H2,1-7H3,(H,48,51)(H,49,57)/t30-,32+,36-,46-/m0/s1. The van der Waals surface area contributed by atoms with E-state index in [1.165, 1.54) is 4.90 Å². The number of aromatic amines is 1. The first-order chi connectivity index (χ1) is 29.1. The third-order valence-corrected chi connectivity index (χ3v) is 13.8. The molecule has 2 aliphatic heterocycles. The lowest BCUT2D eigenvalue weighted by atomic mass is 9.75. The topological polar surface area (TPSA) is 183 Å². The summed E-state index contributed by atoms with van der Waals surface area (Å²) in [6, 6.07) is 18.0. The van der Waals surface area contributed by atoms with Gasteiger partial charge in [0.05, 0.1) is 33.4 Å². The normalized spacial score (nSPS) is 19.5. The average Bonchev–Trinajstić information content (AvgIpc) is 4.10. The maximum absolute atomic E-state index is 14.6. The van der Waals surface area contributed by atoms with Crippen LogP contribution >= 0.6 is 11.3 Å². The van der Waals surface area contributed by atoms with Crippen molar-refractivity contribution in [2.45, 2.75) is 90.3 Å². The first-order valence-electron chi connectivity index (χ1n) is 20.9. The van der Waals surface area contributed by atoms with Crippen LogP contribution in [0.5, 0.6) is 11.6 Å². The zero-order valence-electron chi connectivity index (χ0n) is 35.7. The number of nitrogens with zero attached hydrogens (tertiary/aromatic N) is 6. The van der Waals surface area contributed by atoms with Gasteiger partial charge in [-0.1, -0.05) is 50.2 Å². The molecule has 0 aliphatic carbocycles. The van der Waals surface area contributed by atoms with Crippen molar-refractivity contribution in [3.05, 3.63) is 94.4 Å². The van der Waals surface area contributed by atoms with Crippen molar-refractivity contribution < 1.29 is 29.1 Å². The van der Waals surface area contributed by atoms with Crippen molar-refractivity contribution in [2.24, 2.45) is 5.92 Å². The number of likely N-dealkylation sites (tertiary alicyclic amines) is 2. The zero-order valence-corrected chi connectivity index (χ0v) is 36.5. The van der Waals surface area contributed by atoms with Crippen LogP contribution in [-0.2, 0) is 20.5 Å². The Morgan fingerprint density at radius 1 is 1.07 bits per heavy atom. The summed E-state index contributed by atoms with van der Waals surface area (Å²) < 4.78 is 11.9. The highest BCUT2D eigenvalue weighted by Crippen LogP contribution is 2.39. The number of fused-ring (bicyclic) bond motifs is 1. The number of H-pyrrole nitrogens is 1. The number of hydrogen-bond acceptors (Lipinski definition) is 12. The second-order valence-electron chi connectivity index (χ2n) is 17.5. The highest BCUT2D eigenvalue weighted by molar-refractivity contribution is 7.13. The van der Waals surface area contributed by atoms with Crippen molar-refractivity contribution in [2.75, 3.05) is 32.8 Å². The van der Waals surface area contributed by atoms with Gasteiger partial charge in [-0.3, -0.25) is 14.5 Å². The van der Waals surface area contributed by atoms with Crippen LogP contribution in [0.25, 0.3) is 32.7 Å². The first-order valence-corrected chi connectivity index (χ1v) is 21.8. The van der Waals surface area contributed by atoms with Crippen LogP contribution in [-0.4, -0.2) is 102 Å². The van der Waals surface area contributed by atoms with Gasteiger partial charge >= 0.3 is 0 Å². The number of rotatable bonds is 13. The van der Waals surface area contributed by atoms with Crippen LogP contribution in [0.1, 0.15) is 81.7 Å². The van der Waals surface area contributed by atoms with Crippen LogP contribution in [0.2, 0.25) is 0 Å². The average molecular weight is 847 g/mol. The molecule has 8 rings (SSSR count). The summed E-state index contributed by atoms with van der Waals surface area (Å²) in [4.78, 5) is 41.4. The Labute approximate surface area is 359 Å². The van der Waals surface area contributed by atoms with Crippen LogP contribution in [0.3, 0.4) is 0 Å². The maximum Gasteiger partial charge on any atom is 0.254 e. The molecule has 6 aromatic rings. The van der Waals surface area contributed by atoms with E-state index in [2.05, 4.69) is 42.5 Å². The lowest BCUT2D eigenvalue weighted by molar-refractivity contribution is -0.145. The summed E-state index contributed by atoms with van der Waals surface area (Å²) in [5.74, 6) is 0.179. The van der Waals surface area contributed by atoms with E-state index in [4.69, 9.17) is 9.26 Å². The lowest BCUT2D eigenvalue weighted by Gasteiger charge is -2.37. The number of aromatic nitrogens is 5. The number of phenols is 1. The minimum atomic E-state index is -1.19.